The number of rotatable bonds is 4. The summed E-state index contributed by atoms with van der Waals surface area (Å²) in [5.74, 6) is -2.03. The summed E-state index contributed by atoms with van der Waals surface area (Å²) in [4.78, 5) is 38.0. The van der Waals surface area contributed by atoms with Gasteiger partial charge < -0.3 is 10.5 Å². The normalized spacial score (nSPS) is 11.6. The van der Waals surface area contributed by atoms with Crippen molar-refractivity contribution in [1.82, 2.24) is 10.3 Å². The number of carbonyl (C=O) groups is 3. The van der Waals surface area contributed by atoms with Crippen LogP contribution in [0.25, 0.3) is 10.6 Å². The minimum absolute atomic E-state index is 0.00745. The van der Waals surface area contributed by atoms with Crippen LogP contribution in [-0.2, 0) is 9.53 Å². The van der Waals surface area contributed by atoms with Gasteiger partial charge in [-0.2, -0.15) is 0 Å². The second-order valence-electron chi connectivity index (χ2n) is 4.45. The SMILES string of the molecule is C[C@@H](OC(=O)c1csc(-c2ccc(F)cc2)n1)C(=O)NC(N)=O. The fourth-order valence-electron chi connectivity index (χ4n) is 1.59. The molecular formula is C14H12FN3O4S. The number of benzene rings is 1. The summed E-state index contributed by atoms with van der Waals surface area (Å²) in [6.07, 6.45) is -1.20. The lowest BCUT2D eigenvalue weighted by Gasteiger charge is -2.10. The van der Waals surface area contributed by atoms with Gasteiger partial charge in [-0.05, 0) is 31.2 Å². The summed E-state index contributed by atoms with van der Waals surface area (Å²) >= 11 is 1.17. The Morgan fingerprint density at radius 2 is 1.96 bits per heavy atom. The van der Waals surface area contributed by atoms with Crippen LogP contribution in [0.3, 0.4) is 0 Å². The first-order chi connectivity index (χ1) is 10.9. The average molecular weight is 337 g/mol. The summed E-state index contributed by atoms with van der Waals surface area (Å²) in [5.41, 5.74) is 5.46. The molecule has 120 valence electrons. The van der Waals surface area contributed by atoms with Gasteiger partial charge in [0, 0.05) is 10.9 Å². The molecule has 3 N–H and O–H groups in total. The maximum Gasteiger partial charge on any atom is 0.358 e. The van der Waals surface area contributed by atoms with Crippen molar-refractivity contribution in [2.45, 2.75) is 13.0 Å². The van der Waals surface area contributed by atoms with E-state index >= 15 is 0 Å². The number of amides is 3. The van der Waals surface area contributed by atoms with Gasteiger partial charge in [0.05, 0.1) is 0 Å². The van der Waals surface area contributed by atoms with Gasteiger partial charge in [-0.1, -0.05) is 0 Å². The number of nitrogens with two attached hydrogens (primary N) is 1. The minimum atomic E-state index is -1.20. The zero-order valence-electron chi connectivity index (χ0n) is 11.9. The maximum atomic E-state index is 12.9. The second kappa shape index (κ2) is 6.97. The van der Waals surface area contributed by atoms with Gasteiger partial charge in [0.1, 0.15) is 10.8 Å². The van der Waals surface area contributed by atoms with Gasteiger partial charge >= 0.3 is 12.0 Å². The highest BCUT2D eigenvalue weighted by Crippen LogP contribution is 2.24. The Balaban J connectivity index is 2.05. The van der Waals surface area contributed by atoms with Gasteiger partial charge in [-0.3, -0.25) is 10.1 Å². The van der Waals surface area contributed by atoms with Crippen LogP contribution >= 0.6 is 11.3 Å². The summed E-state index contributed by atoms with van der Waals surface area (Å²) < 4.78 is 17.8. The molecule has 3 amide bonds. The lowest BCUT2D eigenvalue weighted by molar-refractivity contribution is -0.127. The topological polar surface area (TPSA) is 111 Å². The standard InChI is InChI=1S/C14H12FN3O4S/c1-7(11(19)18-14(16)21)22-13(20)10-6-23-12(17-10)8-2-4-9(15)5-3-8/h2-7H,1H3,(H3,16,18,19,21)/t7-/m1/s1. The van der Waals surface area contributed by atoms with E-state index in [-0.39, 0.29) is 11.5 Å². The van der Waals surface area contributed by atoms with Crippen LogP contribution in [0.2, 0.25) is 0 Å². The molecule has 0 fully saturated rings. The van der Waals surface area contributed by atoms with Crippen molar-refractivity contribution in [2.24, 2.45) is 5.73 Å². The highest BCUT2D eigenvalue weighted by atomic mass is 32.1. The highest BCUT2D eigenvalue weighted by molar-refractivity contribution is 7.13. The Morgan fingerprint density at radius 1 is 1.30 bits per heavy atom. The van der Waals surface area contributed by atoms with Crippen LogP contribution in [0.4, 0.5) is 9.18 Å². The van der Waals surface area contributed by atoms with Gasteiger partial charge in [0.25, 0.3) is 5.91 Å². The Hall–Kier alpha value is -2.81. The zero-order valence-corrected chi connectivity index (χ0v) is 12.7. The number of nitrogens with zero attached hydrogens (tertiary/aromatic N) is 1. The molecule has 0 saturated heterocycles. The van der Waals surface area contributed by atoms with Crippen molar-refractivity contribution < 1.29 is 23.5 Å². The van der Waals surface area contributed by atoms with E-state index in [0.717, 1.165) is 0 Å². The quantitative estimate of drug-likeness (QED) is 0.825. The molecule has 0 aliphatic rings. The van der Waals surface area contributed by atoms with E-state index in [1.54, 1.807) is 5.32 Å². The molecular weight excluding hydrogens is 325 g/mol. The number of nitrogens with one attached hydrogen (secondary N) is 1. The van der Waals surface area contributed by atoms with Crippen molar-refractivity contribution in [2.75, 3.05) is 0 Å². The van der Waals surface area contributed by atoms with Crippen molar-refractivity contribution in [3.05, 3.63) is 41.2 Å². The van der Waals surface area contributed by atoms with Crippen LogP contribution in [0.5, 0.6) is 0 Å². The van der Waals surface area contributed by atoms with Crippen molar-refractivity contribution in [3.8, 4) is 10.6 Å². The third-order valence-corrected chi connectivity index (χ3v) is 3.60. The van der Waals surface area contributed by atoms with Crippen LogP contribution in [0.15, 0.2) is 29.6 Å². The largest absolute Gasteiger partial charge is 0.448 e. The number of aromatic nitrogens is 1. The van der Waals surface area contributed by atoms with Crippen LogP contribution in [0.1, 0.15) is 17.4 Å². The molecule has 0 bridgehead atoms. The molecule has 0 aliphatic heterocycles. The summed E-state index contributed by atoms with van der Waals surface area (Å²) in [5, 5.41) is 3.77. The third-order valence-electron chi connectivity index (χ3n) is 2.70. The molecule has 2 rings (SSSR count). The van der Waals surface area contributed by atoms with Crippen LogP contribution in [-0.4, -0.2) is 29.0 Å². The van der Waals surface area contributed by atoms with Gasteiger partial charge in [0.2, 0.25) is 0 Å². The first kappa shape index (κ1) is 16.6. The molecule has 0 saturated carbocycles. The minimum Gasteiger partial charge on any atom is -0.448 e. The molecule has 1 aromatic heterocycles. The second-order valence-corrected chi connectivity index (χ2v) is 5.30. The number of esters is 1. The fourth-order valence-corrected chi connectivity index (χ4v) is 2.39. The lowest BCUT2D eigenvalue weighted by atomic mass is 10.2. The molecule has 1 atom stereocenters. The molecule has 0 aliphatic carbocycles. The number of primary amides is 1. The summed E-state index contributed by atoms with van der Waals surface area (Å²) in [6.45, 7) is 1.30. The van der Waals surface area contributed by atoms with E-state index in [4.69, 9.17) is 10.5 Å². The van der Waals surface area contributed by atoms with E-state index in [1.165, 1.54) is 47.9 Å². The first-order valence-corrected chi connectivity index (χ1v) is 7.27. The average Bonchev–Trinajstić information content (AvgIpc) is 2.97. The maximum absolute atomic E-state index is 12.9. The molecule has 0 unspecified atom stereocenters. The Morgan fingerprint density at radius 3 is 2.57 bits per heavy atom. The molecule has 0 spiro atoms. The number of urea groups is 1. The Kier molecular flexibility index (Phi) is 5.02. The Labute approximate surface area is 134 Å². The van der Waals surface area contributed by atoms with Crippen molar-refractivity contribution in [1.29, 1.82) is 0 Å². The van der Waals surface area contributed by atoms with Gasteiger partial charge in [-0.15, -0.1) is 11.3 Å². The van der Waals surface area contributed by atoms with Crippen LogP contribution in [0, 0.1) is 5.82 Å². The van der Waals surface area contributed by atoms with E-state index in [0.29, 0.717) is 10.6 Å². The van der Waals surface area contributed by atoms with Gasteiger partial charge in [-0.25, -0.2) is 19.0 Å². The number of thiazole rings is 1. The van der Waals surface area contributed by atoms with E-state index in [1.807, 2.05) is 0 Å². The molecule has 7 nitrogen and oxygen atoms in total. The molecule has 9 heteroatoms. The van der Waals surface area contributed by atoms with E-state index in [9.17, 15) is 18.8 Å². The molecule has 1 heterocycles. The predicted molar refractivity (Wildman–Crippen MR) is 80.1 cm³/mol. The van der Waals surface area contributed by atoms with Gasteiger partial charge in [0.15, 0.2) is 11.8 Å². The third kappa shape index (κ3) is 4.33. The van der Waals surface area contributed by atoms with E-state index < -0.39 is 24.0 Å². The van der Waals surface area contributed by atoms with E-state index in [2.05, 4.69) is 4.98 Å². The van der Waals surface area contributed by atoms with Crippen molar-refractivity contribution >= 4 is 29.2 Å². The molecule has 23 heavy (non-hydrogen) atoms. The number of ether oxygens (including phenoxy) is 1. The molecule has 1 aromatic carbocycles. The fraction of sp³-hybridized carbons (Fsp3) is 0.143. The number of halogens is 1. The predicted octanol–water partition coefficient (Wildman–Crippen LogP) is 1.69. The molecule has 0 radical (unpaired) electrons. The smallest absolute Gasteiger partial charge is 0.358 e. The number of hydrogen-bond donors (Lipinski definition) is 2. The first-order valence-electron chi connectivity index (χ1n) is 6.39. The summed E-state index contributed by atoms with van der Waals surface area (Å²) in [7, 11) is 0. The van der Waals surface area contributed by atoms with Crippen molar-refractivity contribution in [3.63, 3.8) is 0 Å². The highest BCUT2D eigenvalue weighted by Gasteiger charge is 2.21. The molecule has 2 aromatic rings. The monoisotopic (exact) mass is 337 g/mol. The number of imide groups is 1. The number of hydrogen-bond acceptors (Lipinski definition) is 6. The van der Waals surface area contributed by atoms with Crippen LogP contribution < -0.4 is 11.1 Å². The number of carbonyl (C=O) groups excluding carboxylic acids is 3. The zero-order chi connectivity index (χ0) is 17.0. The lowest BCUT2D eigenvalue weighted by Crippen LogP contribution is -2.42. The summed E-state index contributed by atoms with van der Waals surface area (Å²) in [6, 6.07) is 4.60. The Bertz CT molecular complexity index is 745.